The van der Waals surface area contributed by atoms with Gasteiger partial charge in [-0.3, -0.25) is 0 Å². The number of hydrogen-bond donors (Lipinski definition) is 1. The van der Waals surface area contributed by atoms with Crippen LogP contribution < -0.4 is 0 Å². The van der Waals surface area contributed by atoms with Crippen molar-refractivity contribution in [2.45, 2.75) is 79.6 Å². The molecule has 1 fully saturated rings. The number of fused-ring (bicyclic) bond motifs is 3. The highest BCUT2D eigenvalue weighted by Gasteiger charge is 2.47. The molecule has 0 aromatic heterocycles. The molecule has 3 rings (SSSR count). The molecule has 1 heteroatoms. The minimum absolute atomic E-state index is 0.358. The van der Waals surface area contributed by atoms with Crippen molar-refractivity contribution >= 4 is 0 Å². The van der Waals surface area contributed by atoms with Crippen LogP contribution in [0.2, 0.25) is 0 Å². The third kappa shape index (κ3) is 2.28. The fourth-order valence-electron chi connectivity index (χ4n) is 5.60. The van der Waals surface area contributed by atoms with Gasteiger partial charge in [-0.05, 0) is 80.6 Å². The number of hydrogen-bond acceptors (Lipinski definition) is 1. The summed E-state index contributed by atoms with van der Waals surface area (Å²) in [7, 11) is 0. The van der Waals surface area contributed by atoms with Gasteiger partial charge in [0.05, 0.1) is 5.76 Å². The molecule has 21 heavy (non-hydrogen) atoms. The van der Waals surface area contributed by atoms with Crippen LogP contribution >= 0.6 is 0 Å². The topological polar surface area (TPSA) is 20.2 Å². The van der Waals surface area contributed by atoms with Gasteiger partial charge in [0.15, 0.2) is 0 Å². The average Bonchev–Trinajstić information content (AvgIpc) is 2.40. The summed E-state index contributed by atoms with van der Waals surface area (Å²) < 4.78 is 0. The highest BCUT2D eigenvalue weighted by Crippen LogP contribution is 2.58. The molecule has 3 aliphatic rings. The van der Waals surface area contributed by atoms with E-state index in [1.54, 1.807) is 11.1 Å². The fraction of sp³-hybridized carbons (Fsp3) is 0.800. The van der Waals surface area contributed by atoms with E-state index < -0.39 is 0 Å². The summed E-state index contributed by atoms with van der Waals surface area (Å²) >= 11 is 0. The van der Waals surface area contributed by atoms with Gasteiger partial charge < -0.3 is 5.11 Å². The quantitative estimate of drug-likeness (QED) is 0.528. The molecule has 0 spiro atoms. The molecule has 3 atom stereocenters. The van der Waals surface area contributed by atoms with E-state index in [-0.39, 0.29) is 0 Å². The van der Waals surface area contributed by atoms with Crippen LogP contribution in [0.25, 0.3) is 0 Å². The predicted molar refractivity (Wildman–Crippen MR) is 89.2 cm³/mol. The minimum Gasteiger partial charge on any atom is -0.512 e. The van der Waals surface area contributed by atoms with Crippen LogP contribution in [-0.4, -0.2) is 5.11 Å². The maximum Gasteiger partial charge on any atom is 0.0915 e. The van der Waals surface area contributed by atoms with Crippen molar-refractivity contribution in [3.05, 3.63) is 22.5 Å². The Balaban J connectivity index is 2.03. The van der Waals surface area contributed by atoms with Crippen molar-refractivity contribution in [2.24, 2.45) is 22.7 Å². The predicted octanol–water partition coefficient (Wildman–Crippen LogP) is 6.17. The second kappa shape index (κ2) is 4.89. The van der Waals surface area contributed by atoms with E-state index >= 15 is 0 Å². The summed E-state index contributed by atoms with van der Waals surface area (Å²) in [5.74, 6) is 2.07. The zero-order chi connectivity index (χ0) is 15.4. The first-order valence-electron chi connectivity index (χ1n) is 8.83. The molecule has 0 unspecified atom stereocenters. The zero-order valence-electron chi connectivity index (χ0n) is 14.6. The molecule has 3 aliphatic carbocycles. The van der Waals surface area contributed by atoms with E-state index in [4.69, 9.17) is 0 Å². The van der Waals surface area contributed by atoms with Crippen LogP contribution in [0.15, 0.2) is 22.5 Å². The Labute approximate surface area is 130 Å². The highest BCUT2D eigenvalue weighted by molar-refractivity contribution is 5.27. The first-order chi connectivity index (χ1) is 9.75. The highest BCUT2D eigenvalue weighted by atomic mass is 16.3. The lowest BCUT2D eigenvalue weighted by Gasteiger charge is -2.52. The molecule has 0 saturated heterocycles. The lowest BCUT2D eigenvalue weighted by atomic mass is 9.53. The van der Waals surface area contributed by atoms with Crippen LogP contribution in [-0.2, 0) is 0 Å². The summed E-state index contributed by atoms with van der Waals surface area (Å²) in [5, 5.41) is 10.3. The van der Waals surface area contributed by atoms with E-state index in [2.05, 4.69) is 34.6 Å². The molecule has 1 N–H and O–H groups in total. The summed E-state index contributed by atoms with van der Waals surface area (Å²) in [5.41, 5.74) is 5.48. The summed E-state index contributed by atoms with van der Waals surface area (Å²) in [4.78, 5) is 0. The van der Waals surface area contributed by atoms with Crippen molar-refractivity contribution in [3.8, 4) is 0 Å². The molecule has 0 heterocycles. The maximum absolute atomic E-state index is 10.3. The molecule has 0 radical (unpaired) electrons. The van der Waals surface area contributed by atoms with Gasteiger partial charge in [0.1, 0.15) is 0 Å². The fourth-order valence-corrected chi connectivity index (χ4v) is 5.60. The van der Waals surface area contributed by atoms with Gasteiger partial charge in [-0.2, -0.15) is 0 Å². The third-order valence-corrected chi connectivity index (χ3v) is 7.40. The zero-order valence-corrected chi connectivity index (χ0v) is 14.6. The Morgan fingerprint density at radius 2 is 1.67 bits per heavy atom. The van der Waals surface area contributed by atoms with E-state index in [9.17, 15) is 5.11 Å². The van der Waals surface area contributed by atoms with Crippen LogP contribution in [0.5, 0.6) is 0 Å². The molecule has 0 aromatic rings. The third-order valence-electron chi connectivity index (χ3n) is 7.40. The van der Waals surface area contributed by atoms with Crippen LogP contribution in [0.1, 0.15) is 79.6 Å². The number of aliphatic hydroxyl groups is 1. The molecule has 0 aliphatic heterocycles. The summed E-state index contributed by atoms with van der Waals surface area (Å²) in [6, 6.07) is 0. The molecule has 118 valence electrons. The van der Waals surface area contributed by atoms with Gasteiger partial charge in [-0.25, -0.2) is 0 Å². The van der Waals surface area contributed by atoms with Gasteiger partial charge in [-0.1, -0.05) is 31.9 Å². The van der Waals surface area contributed by atoms with Crippen molar-refractivity contribution in [1.29, 1.82) is 0 Å². The maximum atomic E-state index is 10.3. The smallest absolute Gasteiger partial charge is 0.0915 e. The van der Waals surface area contributed by atoms with Crippen LogP contribution in [0, 0.1) is 22.7 Å². The molecule has 2 bridgehead atoms. The summed E-state index contributed by atoms with van der Waals surface area (Å²) in [6.45, 7) is 12.0. The van der Waals surface area contributed by atoms with Gasteiger partial charge >= 0.3 is 0 Å². The van der Waals surface area contributed by atoms with Crippen molar-refractivity contribution in [2.75, 3.05) is 0 Å². The van der Waals surface area contributed by atoms with Crippen molar-refractivity contribution < 1.29 is 5.11 Å². The first-order valence-corrected chi connectivity index (χ1v) is 8.83. The molecule has 0 aromatic carbocycles. The monoisotopic (exact) mass is 288 g/mol. The number of rotatable bonds is 0. The van der Waals surface area contributed by atoms with Crippen LogP contribution in [0.4, 0.5) is 0 Å². The van der Waals surface area contributed by atoms with Crippen molar-refractivity contribution in [1.82, 2.24) is 0 Å². The van der Waals surface area contributed by atoms with E-state index in [0.29, 0.717) is 22.5 Å². The first kappa shape index (κ1) is 15.2. The molecule has 1 nitrogen and oxygen atoms in total. The van der Waals surface area contributed by atoms with Crippen molar-refractivity contribution in [3.63, 3.8) is 0 Å². The lowest BCUT2D eigenvalue weighted by Crippen LogP contribution is -2.41. The van der Waals surface area contributed by atoms with E-state index in [1.165, 1.54) is 44.1 Å². The average molecular weight is 288 g/mol. The van der Waals surface area contributed by atoms with Crippen LogP contribution in [0.3, 0.4) is 0 Å². The Morgan fingerprint density at radius 1 is 1.00 bits per heavy atom. The Morgan fingerprint density at radius 3 is 2.38 bits per heavy atom. The van der Waals surface area contributed by atoms with E-state index in [1.807, 2.05) is 0 Å². The lowest BCUT2D eigenvalue weighted by molar-refractivity contribution is 0.0696. The standard InChI is InChI=1S/C20H32O/c1-13-6-7-15-12-17-14(2)18(21)9-11-20(17,5)10-8-16(13)19(15,3)4/h15,17,21H,6-12H2,1-5H3/t15-,17+,20+/m0/s1. The van der Waals surface area contributed by atoms with Gasteiger partial charge in [0.25, 0.3) is 0 Å². The van der Waals surface area contributed by atoms with Gasteiger partial charge in [-0.15, -0.1) is 0 Å². The Kier molecular flexibility index (Phi) is 3.54. The Bertz CT molecular complexity index is 508. The normalized spacial score (nSPS) is 39.7. The van der Waals surface area contributed by atoms with Gasteiger partial charge in [0, 0.05) is 6.42 Å². The second-order valence-electron chi connectivity index (χ2n) is 8.79. The van der Waals surface area contributed by atoms with Gasteiger partial charge in [0.2, 0.25) is 0 Å². The molecular weight excluding hydrogens is 256 g/mol. The van der Waals surface area contributed by atoms with E-state index in [0.717, 1.165) is 12.3 Å². The largest absolute Gasteiger partial charge is 0.512 e. The molecule has 1 saturated carbocycles. The number of allylic oxidation sites excluding steroid dienone is 4. The molecular formula is C20H32O. The minimum atomic E-state index is 0.358. The SMILES string of the molecule is CC1=C2CC[C@]3(C)CCC(O)=C(C)[C@H]3C[C@H](CC1)C2(C)C. The number of aliphatic hydroxyl groups excluding tert-OH is 1. The Hall–Kier alpha value is -0.720. The second-order valence-corrected chi connectivity index (χ2v) is 8.79. The molecule has 0 amide bonds. The summed E-state index contributed by atoms with van der Waals surface area (Å²) in [6.07, 6.45) is 8.54.